The average molecular weight is 311 g/mol. The van der Waals surface area contributed by atoms with Crippen molar-refractivity contribution >= 4 is 22.2 Å². The van der Waals surface area contributed by atoms with E-state index >= 15 is 0 Å². The van der Waals surface area contributed by atoms with E-state index in [4.69, 9.17) is 0 Å². The van der Waals surface area contributed by atoms with Crippen molar-refractivity contribution in [3.63, 3.8) is 0 Å². The molecule has 0 fully saturated rings. The van der Waals surface area contributed by atoms with Crippen molar-refractivity contribution in [2.24, 2.45) is 0 Å². The number of nitrogens with one attached hydrogen (secondary N) is 1. The van der Waals surface area contributed by atoms with Crippen molar-refractivity contribution < 1.29 is 0 Å². The molecular weight excluding hydrogens is 294 g/mol. The number of rotatable bonds is 2. The molecule has 1 aromatic carbocycles. The van der Waals surface area contributed by atoms with Crippen molar-refractivity contribution in [1.29, 1.82) is 0 Å². The SMILES string of the molecule is CC(c1nc2ccccc2c(=O)[nH]1)N1CCc2sccc2C1. The van der Waals surface area contributed by atoms with Crippen molar-refractivity contribution in [1.82, 2.24) is 14.9 Å². The number of hydrogen-bond acceptors (Lipinski definition) is 4. The predicted molar refractivity (Wildman–Crippen MR) is 89.2 cm³/mol. The molecule has 1 aliphatic heterocycles. The minimum absolute atomic E-state index is 0.0549. The van der Waals surface area contributed by atoms with E-state index in [-0.39, 0.29) is 11.6 Å². The van der Waals surface area contributed by atoms with Gasteiger partial charge in [-0.05, 0) is 42.5 Å². The van der Waals surface area contributed by atoms with Crippen molar-refractivity contribution in [2.75, 3.05) is 6.54 Å². The summed E-state index contributed by atoms with van der Waals surface area (Å²) < 4.78 is 0. The third kappa shape index (κ3) is 2.26. The maximum absolute atomic E-state index is 12.2. The highest BCUT2D eigenvalue weighted by molar-refractivity contribution is 7.10. The molecule has 0 spiro atoms. The van der Waals surface area contributed by atoms with Gasteiger partial charge >= 0.3 is 0 Å². The van der Waals surface area contributed by atoms with Gasteiger partial charge in [0.2, 0.25) is 0 Å². The summed E-state index contributed by atoms with van der Waals surface area (Å²) in [6.07, 6.45) is 1.08. The molecule has 1 N–H and O–H groups in total. The van der Waals surface area contributed by atoms with Gasteiger partial charge in [0.1, 0.15) is 5.82 Å². The number of aromatic amines is 1. The zero-order valence-electron chi connectivity index (χ0n) is 12.4. The summed E-state index contributed by atoms with van der Waals surface area (Å²) in [6, 6.07) is 9.80. The van der Waals surface area contributed by atoms with Crippen molar-refractivity contribution in [3.05, 3.63) is 62.3 Å². The van der Waals surface area contributed by atoms with Crippen LogP contribution >= 0.6 is 11.3 Å². The maximum Gasteiger partial charge on any atom is 0.258 e. The lowest BCUT2D eigenvalue weighted by molar-refractivity contribution is 0.186. The highest BCUT2D eigenvalue weighted by Crippen LogP contribution is 2.29. The van der Waals surface area contributed by atoms with Crippen LogP contribution in [0.3, 0.4) is 0 Å². The first kappa shape index (κ1) is 13.7. The Bertz CT molecular complexity index is 883. The summed E-state index contributed by atoms with van der Waals surface area (Å²) in [5.41, 5.74) is 2.12. The molecular formula is C17H17N3OS. The summed E-state index contributed by atoms with van der Waals surface area (Å²) in [6.45, 7) is 4.05. The Morgan fingerprint density at radius 2 is 2.18 bits per heavy atom. The zero-order chi connectivity index (χ0) is 15.1. The van der Waals surface area contributed by atoms with E-state index in [1.165, 1.54) is 10.4 Å². The molecule has 22 heavy (non-hydrogen) atoms. The Kier molecular flexibility index (Phi) is 3.32. The Balaban J connectivity index is 1.69. The smallest absolute Gasteiger partial charge is 0.258 e. The first-order valence-electron chi connectivity index (χ1n) is 7.50. The Morgan fingerprint density at radius 3 is 3.09 bits per heavy atom. The fourth-order valence-corrected chi connectivity index (χ4v) is 3.97. The highest BCUT2D eigenvalue weighted by atomic mass is 32.1. The number of thiophene rings is 1. The van der Waals surface area contributed by atoms with Crippen LogP contribution in [0.2, 0.25) is 0 Å². The molecule has 1 atom stereocenters. The number of para-hydroxylation sites is 1. The van der Waals surface area contributed by atoms with E-state index in [0.29, 0.717) is 5.39 Å². The van der Waals surface area contributed by atoms with Gasteiger partial charge in [-0.1, -0.05) is 12.1 Å². The van der Waals surface area contributed by atoms with Crippen LogP contribution in [-0.4, -0.2) is 21.4 Å². The normalized spacial score (nSPS) is 16.6. The number of hydrogen-bond donors (Lipinski definition) is 1. The summed E-state index contributed by atoms with van der Waals surface area (Å²) in [7, 11) is 0. The predicted octanol–water partition coefficient (Wildman–Crippen LogP) is 3.10. The Labute approximate surface area is 132 Å². The van der Waals surface area contributed by atoms with Crippen LogP contribution in [0, 0.1) is 0 Å². The molecule has 0 bridgehead atoms. The van der Waals surface area contributed by atoms with Crippen LogP contribution < -0.4 is 5.56 Å². The largest absolute Gasteiger partial charge is 0.309 e. The number of fused-ring (bicyclic) bond motifs is 2. The minimum Gasteiger partial charge on any atom is -0.309 e. The second-order valence-corrected chi connectivity index (χ2v) is 6.73. The number of H-pyrrole nitrogens is 1. The lowest BCUT2D eigenvalue weighted by Crippen LogP contribution is -2.33. The van der Waals surface area contributed by atoms with Crippen LogP contribution in [0.15, 0.2) is 40.5 Å². The number of aromatic nitrogens is 2. The van der Waals surface area contributed by atoms with Gasteiger partial charge in [0, 0.05) is 18.0 Å². The average Bonchev–Trinajstić information content (AvgIpc) is 3.01. The molecule has 2 aromatic heterocycles. The molecule has 0 amide bonds. The molecule has 4 rings (SSSR count). The molecule has 5 heteroatoms. The van der Waals surface area contributed by atoms with Gasteiger partial charge in [-0.15, -0.1) is 11.3 Å². The third-order valence-electron chi connectivity index (χ3n) is 4.41. The van der Waals surface area contributed by atoms with Crippen molar-refractivity contribution in [3.8, 4) is 0 Å². The summed E-state index contributed by atoms with van der Waals surface area (Å²) in [5, 5.41) is 2.81. The fourth-order valence-electron chi connectivity index (χ4n) is 3.08. The standard InChI is InChI=1S/C17H17N3OS/c1-11(20-8-6-15-12(10-20)7-9-22-15)16-18-14-5-3-2-4-13(14)17(21)19-16/h2-5,7,9,11H,6,8,10H2,1H3,(H,18,19,21). The first-order valence-corrected chi connectivity index (χ1v) is 8.38. The second kappa shape index (κ2) is 5.34. The summed E-state index contributed by atoms with van der Waals surface area (Å²) in [5.74, 6) is 0.752. The maximum atomic E-state index is 12.2. The number of benzene rings is 1. The fraction of sp³-hybridized carbons (Fsp3) is 0.294. The quantitative estimate of drug-likeness (QED) is 0.791. The summed E-state index contributed by atoms with van der Waals surface area (Å²) >= 11 is 1.84. The van der Waals surface area contributed by atoms with E-state index in [1.807, 2.05) is 35.6 Å². The van der Waals surface area contributed by atoms with E-state index in [9.17, 15) is 4.79 Å². The highest BCUT2D eigenvalue weighted by Gasteiger charge is 2.24. The third-order valence-corrected chi connectivity index (χ3v) is 5.43. The van der Waals surface area contributed by atoms with Gasteiger partial charge in [-0.25, -0.2) is 4.98 Å². The Morgan fingerprint density at radius 1 is 1.32 bits per heavy atom. The molecule has 3 heterocycles. The molecule has 4 nitrogen and oxygen atoms in total. The van der Waals surface area contributed by atoms with Gasteiger partial charge in [0.05, 0.1) is 16.9 Å². The molecule has 0 saturated carbocycles. The molecule has 0 radical (unpaired) electrons. The lowest BCUT2D eigenvalue weighted by atomic mass is 10.1. The van der Waals surface area contributed by atoms with E-state index in [1.54, 1.807) is 0 Å². The van der Waals surface area contributed by atoms with Crippen LogP contribution in [0.4, 0.5) is 0 Å². The Hall–Kier alpha value is -1.98. The molecule has 0 saturated heterocycles. The van der Waals surface area contributed by atoms with Crippen LogP contribution in [0.1, 0.15) is 29.2 Å². The van der Waals surface area contributed by atoms with Crippen LogP contribution in [0.5, 0.6) is 0 Å². The van der Waals surface area contributed by atoms with E-state index < -0.39 is 0 Å². The van der Waals surface area contributed by atoms with Gasteiger partial charge in [0.25, 0.3) is 5.56 Å². The van der Waals surface area contributed by atoms with Crippen LogP contribution in [0.25, 0.3) is 10.9 Å². The zero-order valence-corrected chi connectivity index (χ0v) is 13.2. The molecule has 1 aliphatic rings. The van der Waals surface area contributed by atoms with Gasteiger partial charge in [-0.2, -0.15) is 0 Å². The van der Waals surface area contributed by atoms with Crippen molar-refractivity contribution in [2.45, 2.75) is 25.9 Å². The van der Waals surface area contributed by atoms with E-state index in [2.05, 4.69) is 33.2 Å². The second-order valence-electron chi connectivity index (χ2n) is 5.73. The van der Waals surface area contributed by atoms with Gasteiger partial charge < -0.3 is 4.98 Å². The molecule has 1 unspecified atom stereocenters. The van der Waals surface area contributed by atoms with Gasteiger partial charge in [0.15, 0.2) is 0 Å². The van der Waals surface area contributed by atoms with E-state index in [0.717, 1.165) is 30.9 Å². The topological polar surface area (TPSA) is 49.0 Å². The molecule has 3 aromatic rings. The summed E-state index contributed by atoms with van der Waals surface area (Å²) in [4.78, 5) is 23.7. The van der Waals surface area contributed by atoms with Gasteiger partial charge in [-0.3, -0.25) is 9.69 Å². The number of nitrogens with zero attached hydrogens (tertiary/aromatic N) is 2. The van der Waals surface area contributed by atoms with Crippen LogP contribution in [-0.2, 0) is 13.0 Å². The molecule has 112 valence electrons. The minimum atomic E-state index is -0.0549. The molecule has 0 aliphatic carbocycles. The first-order chi connectivity index (χ1) is 10.7. The monoisotopic (exact) mass is 311 g/mol. The lowest BCUT2D eigenvalue weighted by Gasteiger charge is -2.31.